The van der Waals surface area contributed by atoms with Crippen LogP contribution in [0, 0.1) is 11.8 Å². The Bertz CT molecular complexity index is 398. The summed E-state index contributed by atoms with van der Waals surface area (Å²) in [4.78, 5) is 23.9. The lowest BCUT2D eigenvalue weighted by atomic mass is 9.76. The highest BCUT2D eigenvalue weighted by molar-refractivity contribution is 6.18. The zero-order valence-electron chi connectivity index (χ0n) is 11.2. The maximum Gasteiger partial charge on any atom is 0.336 e. The Labute approximate surface area is 118 Å². The molecular formula is C14H20ClNO3. The fourth-order valence-electron chi connectivity index (χ4n) is 3.12. The Morgan fingerprint density at radius 1 is 1.58 bits per heavy atom. The van der Waals surface area contributed by atoms with Gasteiger partial charge in [-0.15, -0.1) is 18.2 Å². The minimum Gasteiger partial charge on any atom is -0.457 e. The molecule has 0 bridgehead atoms. The van der Waals surface area contributed by atoms with Crippen molar-refractivity contribution >= 4 is 23.5 Å². The summed E-state index contributed by atoms with van der Waals surface area (Å²) in [5.74, 6) is -0.124. The van der Waals surface area contributed by atoms with Crippen molar-refractivity contribution in [1.82, 2.24) is 5.32 Å². The van der Waals surface area contributed by atoms with Crippen LogP contribution in [-0.4, -0.2) is 29.4 Å². The number of hydrogen-bond donors (Lipinski definition) is 1. The normalized spacial score (nSPS) is 34.0. The predicted octanol–water partition coefficient (Wildman–Crippen LogP) is 2.02. The summed E-state index contributed by atoms with van der Waals surface area (Å²) < 4.78 is 5.21. The van der Waals surface area contributed by atoms with Crippen LogP contribution in [0.15, 0.2) is 12.7 Å². The third kappa shape index (κ3) is 2.27. The monoisotopic (exact) mass is 285 g/mol. The summed E-state index contributed by atoms with van der Waals surface area (Å²) >= 11 is 5.71. The van der Waals surface area contributed by atoms with E-state index >= 15 is 0 Å². The van der Waals surface area contributed by atoms with Gasteiger partial charge in [0, 0.05) is 5.88 Å². The van der Waals surface area contributed by atoms with Gasteiger partial charge < -0.3 is 10.1 Å². The summed E-state index contributed by atoms with van der Waals surface area (Å²) in [5, 5.41) is 2.85. The summed E-state index contributed by atoms with van der Waals surface area (Å²) in [6.07, 6.45) is 4.61. The van der Waals surface area contributed by atoms with Crippen LogP contribution in [0.4, 0.5) is 0 Å². The number of amides is 1. The number of ether oxygens (including phenoxy) is 1. The van der Waals surface area contributed by atoms with E-state index in [9.17, 15) is 9.59 Å². The van der Waals surface area contributed by atoms with Crippen LogP contribution in [0.25, 0.3) is 0 Å². The van der Waals surface area contributed by atoms with E-state index < -0.39 is 5.54 Å². The summed E-state index contributed by atoms with van der Waals surface area (Å²) in [7, 11) is 0. The van der Waals surface area contributed by atoms with Gasteiger partial charge in [0.2, 0.25) is 5.91 Å². The fraction of sp³-hybridized carbons (Fsp3) is 0.714. The predicted molar refractivity (Wildman–Crippen MR) is 72.8 cm³/mol. The van der Waals surface area contributed by atoms with E-state index in [2.05, 4.69) is 18.8 Å². The molecule has 2 rings (SSSR count). The Hall–Kier alpha value is -1.03. The van der Waals surface area contributed by atoms with Crippen molar-refractivity contribution in [3.8, 4) is 0 Å². The van der Waals surface area contributed by atoms with Crippen molar-refractivity contribution in [1.29, 1.82) is 0 Å². The molecule has 0 spiro atoms. The van der Waals surface area contributed by atoms with Crippen LogP contribution in [-0.2, 0) is 14.3 Å². The molecule has 2 fully saturated rings. The Kier molecular flexibility index (Phi) is 4.19. The zero-order valence-corrected chi connectivity index (χ0v) is 11.9. The van der Waals surface area contributed by atoms with Gasteiger partial charge in [0.1, 0.15) is 6.10 Å². The summed E-state index contributed by atoms with van der Waals surface area (Å²) in [6, 6.07) is 0. The average Bonchev–Trinajstić information content (AvgIpc) is 2.60. The molecule has 106 valence electrons. The van der Waals surface area contributed by atoms with Crippen LogP contribution in [0.5, 0.6) is 0 Å². The lowest BCUT2D eigenvalue weighted by Gasteiger charge is -2.44. The smallest absolute Gasteiger partial charge is 0.336 e. The molecule has 4 nitrogen and oxygen atoms in total. The first-order valence-electron chi connectivity index (χ1n) is 6.80. The lowest BCUT2D eigenvalue weighted by molar-refractivity contribution is -0.193. The van der Waals surface area contributed by atoms with Crippen molar-refractivity contribution in [3.05, 3.63) is 12.7 Å². The van der Waals surface area contributed by atoms with Crippen LogP contribution < -0.4 is 5.32 Å². The number of rotatable bonds is 7. The lowest BCUT2D eigenvalue weighted by Crippen LogP contribution is -2.67. The molecular weight excluding hydrogens is 266 g/mol. The quantitative estimate of drug-likeness (QED) is 0.442. The second kappa shape index (κ2) is 5.53. The molecule has 4 atom stereocenters. The summed E-state index contributed by atoms with van der Waals surface area (Å²) in [5.41, 5.74) is -0.832. The van der Waals surface area contributed by atoms with E-state index in [-0.39, 0.29) is 29.8 Å². The molecule has 19 heavy (non-hydrogen) atoms. The Balaban J connectivity index is 2.14. The molecule has 0 aromatic rings. The van der Waals surface area contributed by atoms with Crippen molar-refractivity contribution in [2.45, 2.75) is 44.2 Å². The van der Waals surface area contributed by atoms with Crippen molar-refractivity contribution < 1.29 is 14.3 Å². The molecule has 1 amide bonds. The number of fused-ring (bicyclic) bond motifs is 1. The van der Waals surface area contributed by atoms with E-state index in [1.165, 1.54) is 0 Å². The molecule has 0 aromatic carbocycles. The molecule has 5 heteroatoms. The molecule has 1 N–H and O–H groups in total. The first kappa shape index (κ1) is 14.4. The van der Waals surface area contributed by atoms with E-state index in [0.29, 0.717) is 18.7 Å². The van der Waals surface area contributed by atoms with Crippen molar-refractivity contribution in [3.63, 3.8) is 0 Å². The zero-order chi connectivity index (χ0) is 14.0. The van der Waals surface area contributed by atoms with Crippen molar-refractivity contribution in [2.24, 2.45) is 11.8 Å². The number of halogens is 1. The van der Waals surface area contributed by atoms with Gasteiger partial charge in [-0.3, -0.25) is 4.79 Å². The third-order valence-corrected chi connectivity index (χ3v) is 4.35. The first-order valence-corrected chi connectivity index (χ1v) is 7.34. The molecule has 2 aliphatic heterocycles. The van der Waals surface area contributed by atoms with Crippen LogP contribution in [0.2, 0.25) is 0 Å². The fourth-order valence-corrected chi connectivity index (χ4v) is 3.35. The maximum atomic E-state index is 12.0. The number of allylic oxidation sites excluding steroid dienone is 1. The molecule has 3 unspecified atom stereocenters. The van der Waals surface area contributed by atoms with Gasteiger partial charge in [-0.05, 0) is 25.2 Å². The average molecular weight is 286 g/mol. The molecule has 0 aliphatic carbocycles. The number of carbonyl (C=O) groups is 2. The minimum absolute atomic E-state index is 0.115. The number of hydrogen-bond acceptors (Lipinski definition) is 3. The van der Waals surface area contributed by atoms with Crippen molar-refractivity contribution in [2.75, 3.05) is 5.88 Å². The topological polar surface area (TPSA) is 55.4 Å². The minimum atomic E-state index is -0.832. The standard InChI is InChI=1S/C14H20ClNO3/c1-3-5-9(4-2)8-14-11(19-13(14)18)10(6-7-15)12(17)16-14/h4,9-11H,2-3,5-8H2,1H3,(H,16,17)/t9?,10-,11?,14?/m1/s1. The van der Waals surface area contributed by atoms with Gasteiger partial charge in [0.15, 0.2) is 5.54 Å². The highest BCUT2D eigenvalue weighted by atomic mass is 35.5. The van der Waals surface area contributed by atoms with Crippen LogP contribution in [0.3, 0.4) is 0 Å². The molecule has 0 radical (unpaired) electrons. The van der Waals surface area contributed by atoms with E-state index in [0.717, 1.165) is 12.8 Å². The number of nitrogens with one attached hydrogen (secondary N) is 1. The highest BCUT2D eigenvalue weighted by Gasteiger charge is 2.67. The number of carbonyl (C=O) groups excluding carboxylic acids is 2. The molecule has 0 aromatic heterocycles. The van der Waals surface area contributed by atoms with E-state index in [4.69, 9.17) is 16.3 Å². The van der Waals surface area contributed by atoms with Gasteiger partial charge in [-0.2, -0.15) is 0 Å². The van der Waals surface area contributed by atoms with Crippen LogP contribution in [0.1, 0.15) is 32.6 Å². The second-order valence-corrected chi connectivity index (χ2v) is 5.74. The molecule has 2 aliphatic rings. The van der Waals surface area contributed by atoms with Gasteiger partial charge in [-0.1, -0.05) is 19.4 Å². The van der Waals surface area contributed by atoms with E-state index in [1.807, 2.05) is 6.08 Å². The third-order valence-electron chi connectivity index (χ3n) is 4.13. The highest BCUT2D eigenvalue weighted by Crippen LogP contribution is 2.44. The second-order valence-electron chi connectivity index (χ2n) is 5.36. The Morgan fingerprint density at radius 3 is 2.84 bits per heavy atom. The maximum absolute atomic E-state index is 12.0. The molecule has 2 saturated heterocycles. The first-order chi connectivity index (χ1) is 9.08. The molecule has 0 saturated carbocycles. The van der Waals surface area contributed by atoms with Gasteiger partial charge >= 0.3 is 5.97 Å². The van der Waals surface area contributed by atoms with Crippen LogP contribution >= 0.6 is 11.6 Å². The number of esters is 1. The Morgan fingerprint density at radius 2 is 2.32 bits per heavy atom. The summed E-state index contributed by atoms with van der Waals surface area (Å²) in [6.45, 7) is 5.91. The van der Waals surface area contributed by atoms with Gasteiger partial charge in [0.05, 0.1) is 5.92 Å². The number of alkyl halides is 1. The largest absolute Gasteiger partial charge is 0.457 e. The van der Waals surface area contributed by atoms with Gasteiger partial charge in [-0.25, -0.2) is 4.79 Å². The SMILES string of the molecule is C=CC(CCC)CC12NC(=O)[C@H](CCCl)C1OC2=O. The van der Waals surface area contributed by atoms with Gasteiger partial charge in [0.25, 0.3) is 0 Å². The molecule has 2 heterocycles. The van der Waals surface area contributed by atoms with E-state index in [1.54, 1.807) is 0 Å².